The Kier molecular flexibility index (Phi) is 3.15. The molecule has 0 saturated heterocycles. The van der Waals surface area contributed by atoms with Gasteiger partial charge in [0.2, 0.25) is 5.78 Å². The number of aromatic amines is 1. The van der Waals surface area contributed by atoms with Crippen LogP contribution in [0.25, 0.3) is 0 Å². The standard InChI is InChI=1S/C13H14N2O/c1-2-10-3-5-11(6-4-10)9-12(16)13-14-7-8-15-13/h3-8H,2,9H2,1H3,(H,14,15). The molecule has 0 bridgehead atoms. The normalized spacial score (nSPS) is 10.3. The van der Waals surface area contributed by atoms with E-state index in [1.807, 2.05) is 12.1 Å². The molecular weight excluding hydrogens is 200 g/mol. The van der Waals surface area contributed by atoms with Crippen LogP contribution in [0.4, 0.5) is 0 Å². The molecule has 0 unspecified atom stereocenters. The number of nitrogens with zero attached hydrogens (tertiary/aromatic N) is 1. The van der Waals surface area contributed by atoms with Crippen LogP contribution in [0, 0.1) is 0 Å². The minimum absolute atomic E-state index is 0.0225. The van der Waals surface area contributed by atoms with E-state index in [-0.39, 0.29) is 5.78 Å². The van der Waals surface area contributed by atoms with Gasteiger partial charge in [-0.3, -0.25) is 4.79 Å². The molecule has 82 valence electrons. The summed E-state index contributed by atoms with van der Waals surface area (Å²) in [6, 6.07) is 8.12. The Morgan fingerprint density at radius 1 is 1.25 bits per heavy atom. The summed E-state index contributed by atoms with van der Waals surface area (Å²) in [5.74, 6) is 0.453. The zero-order chi connectivity index (χ0) is 11.4. The van der Waals surface area contributed by atoms with Crippen LogP contribution in [0.2, 0.25) is 0 Å². The predicted molar refractivity (Wildman–Crippen MR) is 62.4 cm³/mol. The minimum Gasteiger partial charge on any atom is -0.342 e. The molecule has 3 nitrogen and oxygen atoms in total. The maximum Gasteiger partial charge on any atom is 0.202 e. The molecule has 0 atom stereocenters. The van der Waals surface area contributed by atoms with Crippen LogP contribution in [0.5, 0.6) is 0 Å². The van der Waals surface area contributed by atoms with E-state index in [1.54, 1.807) is 12.4 Å². The van der Waals surface area contributed by atoms with Crippen molar-refractivity contribution >= 4 is 5.78 Å². The second kappa shape index (κ2) is 4.75. The van der Waals surface area contributed by atoms with E-state index in [2.05, 4.69) is 29.0 Å². The molecule has 0 fully saturated rings. The van der Waals surface area contributed by atoms with E-state index in [9.17, 15) is 4.79 Å². The first-order valence-electron chi connectivity index (χ1n) is 5.40. The number of aromatic nitrogens is 2. The SMILES string of the molecule is CCc1ccc(CC(=O)c2ncc[nH]2)cc1. The summed E-state index contributed by atoms with van der Waals surface area (Å²) < 4.78 is 0. The Bertz CT molecular complexity index is 457. The van der Waals surface area contributed by atoms with Crippen molar-refractivity contribution < 1.29 is 4.79 Å². The number of nitrogens with one attached hydrogen (secondary N) is 1. The van der Waals surface area contributed by atoms with Crippen molar-refractivity contribution in [3.05, 3.63) is 53.6 Å². The zero-order valence-electron chi connectivity index (χ0n) is 9.23. The van der Waals surface area contributed by atoms with Gasteiger partial charge < -0.3 is 4.98 Å². The van der Waals surface area contributed by atoms with Gasteiger partial charge in [-0.25, -0.2) is 4.98 Å². The molecule has 0 radical (unpaired) electrons. The largest absolute Gasteiger partial charge is 0.342 e. The topological polar surface area (TPSA) is 45.8 Å². The molecule has 0 aliphatic heterocycles. The Balaban J connectivity index is 2.06. The molecule has 1 N–H and O–H groups in total. The number of benzene rings is 1. The summed E-state index contributed by atoms with van der Waals surface area (Å²) in [6.07, 6.45) is 4.67. The van der Waals surface area contributed by atoms with E-state index in [0.717, 1.165) is 12.0 Å². The lowest BCUT2D eigenvalue weighted by Crippen LogP contribution is -2.05. The van der Waals surface area contributed by atoms with Gasteiger partial charge in [0.05, 0.1) is 0 Å². The highest BCUT2D eigenvalue weighted by Gasteiger charge is 2.08. The van der Waals surface area contributed by atoms with Gasteiger partial charge in [-0.05, 0) is 17.5 Å². The van der Waals surface area contributed by atoms with Crippen molar-refractivity contribution in [1.82, 2.24) is 9.97 Å². The fraction of sp³-hybridized carbons (Fsp3) is 0.231. The van der Waals surface area contributed by atoms with Crippen molar-refractivity contribution in [2.24, 2.45) is 0 Å². The smallest absolute Gasteiger partial charge is 0.202 e. The van der Waals surface area contributed by atoms with E-state index >= 15 is 0 Å². The summed E-state index contributed by atoms with van der Waals surface area (Å²) in [6.45, 7) is 2.11. The number of H-pyrrole nitrogens is 1. The number of rotatable bonds is 4. The average molecular weight is 214 g/mol. The molecule has 1 aromatic carbocycles. The number of carbonyl (C=O) groups excluding carboxylic acids is 1. The second-order valence-corrected chi connectivity index (χ2v) is 3.71. The maximum absolute atomic E-state index is 11.7. The zero-order valence-corrected chi connectivity index (χ0v) is 9.23. The first-order valence-corrected chi connectivity index (χ1v) is 5.40. The number of carbonyl (C=O) groups is 1. The number of ketones is 1. The van der Waals surface area contributed by atoms with Gasteiger partial charge in [0.25, 0.3) is 0 Å². The number of hydrogen-bond donors (Lipinski definition) is 1. The number of imidazole rings is 1. The fourth-order valence-electron chi connectivity index (χ4n) is 1.58. The molecular formula is C13H14N2O. The second-order valence-electron chi connectivity index (χ2n) is 3.71. The molecule has 1 aromatic heterocycles. The van der Waals surface area contributed by atoms with Gasteiger partial charge in [-0.2, -0.15) is 0 Å². The van der Waals surface area contributed by atoms with Gasteiger partial charge in [0.15, 0.2) is 5.82 Å². The van der Waals surface area contributed by atoms with Crippen molar-refractivity contribution in [1.29, 1.82) is 0 Å². The Morgan fingerprint density at radius 3 is 2.50 bits per heavy atom. The third-order valence-electron chi connectivity index (χ3n) is 2.56. The predicted octanol–water partition coefficient (Wildman–Crippen LogP) is 2.40. The van der Waals surface area contributed by atoms with Crippen LogP contribution < -0.4 is 0 Å². The first-order chi connectivity index (χ1) is 7.79. The maximum atomic E-state index is 11.7. The molecule has 2 aromatic rings. The van der Waals surface area contributed by atoms with Gasteiger partial charge in [0.1, 0.15) is 0 Å². The van der Waals surface area contributed by atoms with Crippen LogP contribution in [0.15, 0.2) is 36.7 Å². The quantitative estimate of drug-likeness (QED) is 0.794. The van der Waals surface area contributed by atoms with Crippen LogP contribution in [-0.2, 0) is 12.8 Å². The highest BCUT2D eigenvalue weighted by molar-refractivity contribution is 5.94. The third-order valence-corrected chi connectivity index (χ3v) is 2.56. The molecule has 0 saturated carbocycles. The minimum atomic E-state index is 0.0225. The highest BCUT2D eigenvalue weighted by Crippen LogP contribution is 2.07. The fourth-order valence-corrected chi connectivity index (χ4v) is 1.58. The van der Waals surface area contributed by atoms with Crippen molar-refractivity contribution in [2.75, 3.05) is 0 Å². The summed E-state index contributed by atoms with van der Waals surface area (Å²) >= 11 is 0. The monoisotopic (exact) mass is 214 g/mol. The van der Waals surface area contributed by atoms with Crippen LogP contribution in [0.1, 0.15) is 28.7 Å². The van der Waals surface area contributed by atoms with Crippen LogP contribution >= 0.6 is 0 Å². The van der Waals surface area contributed by atoms with Crippen LogP contribution in [-0.4, -0.2) is 15.8 Å². The molecule has 0 amide bonds. The molecule has 0 aliphatic rings. The van der Waals surface area contributed by atoms with Gasteiger partial charge >= 0.3 is 0 Å². The molecule has 1 heterocycles. The lowest BCUT2D eigenvalue weighted by Gasteiger charge is -2.00. The van der Waals surface area contributed by atoms with Crippen LogP contribution in [0.3, 0.4) is 0 Å². The lowest BCUT2D eigenvalue weighted by atomic mass is 10.1. The van der Waals surface area contributed by atoms with E-state index in [0.29, 0.717) is 12.2 Å². The summed E-state index contributed by atoms with van der Waals surface area (Å²) in [5, 5.41) is 0. The van der Waals surface area contributed by atoms with E-state index < -0.39 is 0 Å². The molecule has 0 aliphatic carbocycles. The van der Waals surface area contributed by atoms with Crippen molar-refractivity contribution in [2.45, 2.75) is 19.8 Å². The van der Waals surface area contributed by atoms with E-state index in [4.69, 9.17) is 0 Å². The molecule has 16 heavy (non-hydrogen) atoms. The summed E-state index contributed by atoms with van der Waals surface area (Å²) in [4.78, 5) is 18.5. The van der Waals surface area contributed by atoms with Gasteiger partial charge in [0, 0.05) is 18.8 Å². The Labute approximate surface area is 94.5 Å². The lowest BCUT2D eigenvalue weighted by molar-refractivity contribution is 0.0984. The summed E-state index contributed by atoms with van der Waals surface area (Å²) in [7, 11) is 0. The highest BCUT2D eigenvalue weighted by atomic mass is 16.1. The van der Waals surface area contributed by atoms with Crippen molar-refractivity contribution in [3.8, 4) is 0 Å². The Hall–Kier alpha value is -1.90. The van der Waals surface area contributed by atoms with Gasteiger partial charge in [-0.15, -0.1) is 0 Å². The third kappa shape index (κ3) is 2.37. The Morgan fingerprint density at radius 2 is 1.94 bits per heavy atom. The number of hydrogen-bond acceptors (Lipinski definition) is 2. The first kappa shape index (κ1) is 10.6. The number of aryl methyl sites for hydroxylation is 1. The van der Waals surface area contributed by atoms with Crippen molar-refractivity contribution in [3.63, 3.8) is 0 Å². The number of Topliss-reactive ketones (excluding diaryl/α,β-unsaturated/α-hetero) is 1. The summed E-state index contributed by atoms with van der Waals surface area (Å²) in [5.41, 5.74) is 2.31. The molecule has 2 rings (SSSR count). The molecule has 3 heteroatoms. The molecule has 0 spiro atoms. The van der Waals surface area contributed by atoms with E-state index in [1.165, 1.54) is 5.56 Å². The van der Waals surface area contributed by atoms with Gasteiger partial charge in [-0.1, -0.05) is 31.2 Å². The average Bonchev–Trinajstić information content (AvgIpc) is 2.83.